The molecule has 0 aromatic heterocycles. The molecule has 0 heterocycles. The number of benzene rings is 1. The van der Waals surface area contributed by atoms with E-state index >= 15 is 0 Å². The summed E-state index contributed by atoms with van der Waals surface area (Å²) in [4.78, 5) is 0. The van der Waals surface area contributed by atoms with E-state index in [4.69, 9.17) is 10.00 Å². The van der Waals surface area contributed by atoms with Gasteiger partial charge in [-0.05, 0) is 53.4 Å². The van der Waals surface area contributed by atoms with E-state index in [1.54, 1.807) is 7.11 Å². The molecule has 0 atom stereocenters. The van der Waals surface area contributed by atoms with E-state index in [0.29, 0.717) is 5.56 Å². The molecule has 1 aromatic carbocycles. The SMILES string of the molecule is COC1(CNc2ccc(C#N)c(Br)c2)CCC1. The molecule has 1 aliphatic rings. The topological polar surface area (TPSA) is 45.0 Å². The lowest BCUT2D eigenvalue weighted by Gasteiger charge is -2.40. The molecule has 1 N–H and O–H groups in total. The Morgan fingerprint density at radius 2 is 2.29 bits per heavy atom. The van der Waals surface area contributed by atoms with E-state index in [-0.39, 0.29) is 5.60 Å². The van der Waals surface area contributed by atoms with Crippen LogP contribution in [0.25, 0.3) is 0 Å². The normalized spacial score (nSPS) is 17.0. The van der Waals surface area contributed by atoms with Gasteiger partial charge in [-0.2, -0.15) is 5.26 Å². The lowest BCUT2D eigenvalue weighted by atomic mass is 9.80. The van der Waals surface area contributed by atoms with E-state index < -0.39 is 0 Å². The van der Waals surface area contributed by atoms with Crippen molar-refractivity contribution in [1.82, 2.24) is 0 Å². The molecule has 0 aliphatic heterocycles. The molecule has 1 aromatic rings. The summed E-state index contributed by atoms with van der Waals surface area (Å²) in [7, 11) is 1.77. The summed E-state index contributed by atoms with van der Waals surface area (Å²) >= 11 is 3.38. The Morgan fingerprint density at radius 3 is 2.76 bits per heavy atom. The predicted molar refractivity (Wildman–Crippen MR) is 70.9 cm³/mol. The summed E-state index contributed by atoms with van der Waals surface area (Å²) in [6.45, 7) is 0.821. The quantitative estimate of drug-likeness (QED) is 0.927. The molecule has 4 heteroatoms. The fraction of sp³-hybridized carbons (Fsp3) is 0.462. The minimum atomic E-state index is 0.0143. The standard InChI is InChI=1S/C13H15BrN2O/c1-17-13(5-2-6-13)9-16-11-4-3-10(8-15)12(14)7-11/h3-4,7,16H,2,5-6,9H2,1H3. The monoisotopic (exact) mass is 294 g/mol. The zero-order valence-electron chi connectivity index (χ0n) is 9.79. The van der Waals surface area contributed by atoms with Crippen LogP contribution < -0.4 is 5.32 Å². The van der Waals surface area contributed by atoms with Gasteiger partial charge in [-0.25, -0.2) is 0 Å². The number of nitrogens with zero attached hydrogens (tertiary/aromatic N) is 1. The second-order valence-corrected chi connectivity index (χ2v) is 5.26. The van der Waals surface area contributed by atoms with E-state index in [2.05, 4.69) is 27.3 Å². The van der Waals surface area contributed by atoms with Crippen molar-refractivity contribution in [2.75, 3.05) is 19.0 Å². The van der Waals surface area contributed by atoms with Crippen LogP contribution in [0.4, 0.5) is 5.69 Å². The molecule has 90 valence electrons. The fourth-order valence-electron chi connectivity index (χ4n) is 2.00. The van der Waals surface area contributed by atoms with Crippen LogP contribution in [0.1, 0.15) is 24.8 Å². The third kappa shape index (κ3) is 2.62. The van der Waals surface area contributed by atoms with Crippen LogP contribution in [0.15, 0.2) is 22.7 Å². The second-order valence-electron chi connectivity index (χ2n) is 4.40. The van der Waals surface area contributed by atoms with Gasteiger partial charge in [-0.3, -0.25) is 0 Å². The maximum absolute atomic E-state index is 8.83. The average molecular weight is 295 g/mol. The van der Waals surface area contributed by atoms with Gasteiger partial charge in [0.1, 0.15) is 6.07 Å². The molecule has 0 saturated heterocycles. The number of halogens is 1. The summed E-state index contributed by atoms with van der Waals surface area (Å²) in [5.41, 5.74) is 1.68. The summed E-state index contributed by atoms with van der Waals surface area (Å²) in [6, 6.07) is 7.79. The molecule has 1 aliphatic carbocycles. The van der Waals surface area contributed by atoms with Gasteiger partial charge in [0.15, 0.2) is 0 Å². The smallest absolute Gasteiger partial charge is 0.100 e. The number of rotatable bonds is 4. The zero-order valence-corrected chi connectivity index (χ0v) is 11.4. The first-order valence-corrected chi connectivity index (χ1v) is 6.47. The van der Waals surface area contributed by atoms with Gasteiger partial charge in [0, 0.05) is 23.8 Å². The van der Waals surface area contributed by atoms with E-state index in [1.165, 1.54) is 6.42 Å². The number of hydrogen-bond acceptors (Lipinski definition) is 3. The molecule has 1 fully saturated rings. The van der Waals surface area contributed by atoms with Gasteiger partial charge >= 0.3 is 0 Å². The Kier molecular flexibility index (Phi) is 3.70. The van der Waals surface area contributed by atoms with Crippen molar-refractivity contribution in [2.24, 2.45) is 0 Å². The zero-order chi connectivity index (χ0) is 12.3. The third-order valence-corrected chi connectivity index (χ3v) is 4.06. The first-order chi connectivity index (χ1) is 8.19. The van der Waals surface area contributed by atoms with Crippen molar-refractivity contribution in [1.29, 1.82) is 5.26 Å². The first-order valence-electron chi connectivity index (χ1n) is 5.68. The lowest BCUT2D eigenvalue weighted by molar-refractivity contribution is -0.0601. The van der Waals surface area contributed by atoms with Crippen LogP contribution in [-0.4, -0.2) is 19.3 Å². The minimum absolute atomic E-state index is 0.0143. The van der Waals surface area contributed by atoms with E-state index in [0.717, 1.165) is 29.5 Å². The Balaban J connectivity index is 2.00. The van der Waals surface area contributed by atoms with E-state index in [1.807, 2.05) is 18.2 Å². The molecular formula is C13H15BrN2O. The third-order valence-electron chi connectivity index (χ3n) is 3.40. The van der Waals surface area contributed by atoms with Crippen molar-refractivity contribution < 1.29 is 4.74 Å². The van der Waals surface area contributed by atoms with Crippen LogP contribution >= 0.6 is 15.9 Å². The fourth-order valence-corrected chi connectivity index (χ4v) is 2.47. The number of ether oxygens (including phenoxy) is 1. The van der Waals surface area contributed by atoms with Gasteiger partial charge in [0.25, 0.3) is 0 Å². The number of anilines is 1. The highest BCUT2D eigenvalue weighted by atomic mass is 79.9. The van der Waals surface area contributed by atoms with Gasteiger partial charge < -0.3 is 10.1 Å². The highest BCUT2D eigenvalue weighted by molar-refractivity contribution is 9.10. The van der Waals surface area contributed by atoms with Crippen molar-refractivity contribution in [3.05, 3.63) is 28.2 Å². The maximum atomic E-state index is 8.83. The molecular weight excluding hydrogens is 280 g/mol. The summed E-state index contributed by atoms with van der Waals surface area (Å²) in [6.07, 6.45) is 3.48. The van der Waals surface area contributed by atoms with Crippen molar-refractivity contribution >= 4 is 21.6 Å². The Bertz CT molecular complexity index is 444. The van der Waals surface area contributed by atoms with E-state index in [9.17, 15) is 0 Å². The van der Waals surface area contributed by atoms with Crippen LogP contribution in [0.3, 0.4) is 0 Å². The largest absolute Gasteiger partial charge is 0.382 e. The molecule has 1 saturated carbocycles. The summed E-state index contributed by atoms with van der Waals surface area (Å²) < 4.78 is 6.37. The number of hydrogen-bond donors (Lipinski definition) is 1. The molecule has 0 radical (unpaired) electrons. The average Bonchev–Trinajstić information content (AvgIpc) is 2.28. The highest BCUT2D eigenvalue weighted by Crippen LogP contribution is 2.35. The molecule has 0 amide bonds. The minimum Gasteiger partial charge on any atom is -0.382 e. The molecule has 17 heavy (non-hydrogen) atoms. The van der Waals surface area contributed by atoms with Gasteiger partial charge in [0.2, 0.25) is 0 Å². The van der Waals surface area contributed by atoms with Gasteiger partial charge in [-0.15, -0.1) is 0 Å². The Hall–Kier alpha value is -1.05. The summed E-state index contributed by atoms with van der Waals surface area (Å²) in [5, 5.41) is 12.2. The van der Waals surface area contributed by atoms with Crippen LogP contribution in [-0.2, 0) is 4.74 Å². The molecule has 2 rings (SSSR count). The second kappa shape index (κ2) is 5.07. The maximum Gasteiger partial charge on any atom is 0.100 e. The van der Waals surface area contributed by atoms with Crippen molar-refractivity contribution in [3.63, 3.8) is 0 Å². The summed E-state index contributed by atoms with van der Waals surface area (Å²) in [5.74, 6) is 0. The molecule has 0 unspecified atom stereocenters. The molecule has 3 nitrogen and oxygen atoms in total. The molecule has 0 spiro atoms. The van der Waals surface area contributed by atoms with Crippen molar-refractivity contribution in [3.8, 4) is 6.07 Å². The Morgan fingerprint density at radius 1 is 1.53 bits per heavy atom. The van der Waals surface area contributed by atoms with Gasteiger partial charge in [0.05, 0.1) is 11.2 Å². The predicted octanol–water partition coefficient (Wildman–Crippen LogP) is 3.30. The number of methoxy groups -OCH3 is 1. The highest BCUT2D eigenvalue weighted by Gasteiger charge is 2.36. The van der Waals surface area contributed by atoms with Crippen LogP contribution in [0.5, 0.6) is 0 Å². The van der Waals surface area contributed by atoms with Crippen LogP contribution in [0.2, 0.25) is 0 Å². The van der Waals surface area contributed by atoms with Crippen LogP contribution in [0, 0.1) is 11.3 Å². The first kappa shape index (κ1) is 12.4. The number of nitriles is 1. The van der Waals surface area contributed by atoms with Gasteiger partial charge in [-0.1, -0.05) is 0 Å². The lowest BCUT2D eigenvalue weighted by Crippen LogP contribution is -2.45. The van der Waals surface area contributed by atoms with Crippen molar-refractivity contribution in [2.45, 2.75) is 24.9 Å². The molecule has 0 bridgehead atoms. The Labute approximate surface area is 110 Å². The number of nitrogens with one attached hydrogen (secondary N) is 1.